The number of hydrogen-bond donors (Lipinski definition) is 1. The van der Waals surface area contributed by atoms with Crippen molar-refractivity contribution < 1.29 is 0 Å². The highest BCUT2D eigenvalue weighted by atomic mass is 15.1. The van der Waals surface area contributed by atoms with Crippen molar-refractivity contribution >= 4 is 0 Å². The van der Waals surface area contributed by atoms with Gasteiger partial charge in [0.2, 0.25) is 0 Å². The summed E-state index contributed by atoms with van der Waals surface area (Å²) >= 11 is 0. The van der Waals surface area contributed by atoms with Crippen LogP contribution in [0.5, 0.6) is 0 Å². The topological polar surface area (TPSA) is 15.3 Å². The highest BCUT2D eigenvalue weighted by molar-refractivity contribution is 4.70. The van der Waals surface area contributed by atoms with Gasteiger partial charge in [-0.05, 0) is 66.2 Å². The van der Waals surface area contributed by atoms with Crippen LogP contribution >= 0.6 is 0 Å². The molecule has 0 aromatic heterocycles. The maximum absolute atomic E-state index is 3.53. The van der Waals surface area contributed by atoms with E-state index in [0.717, 1.165) is 6.54 Å². The summed E-state index contributed by atoms with van der Waals surface area (Å²) in [4.78, 5) is 2.57. The first-order valence-electron chi connectivity index (χ1n) is 6.47. The molecule has 0 spiro atoms. The average molecular weight is 214 g/mol. The van der Waals surface area contributed by atoms with E-state index in [1.165, 1.54) is 38.9 Å². The molecule has 0 unspecified atom stereocenters. The van der Waals surface area contributed by atoms with Crippen LogP contribution in [-0.2, 0) is 0 Å². The van der Waals surface area contributed by atoms with Crippen LogP contribution in [0, 0.1) is 0 Å². The van der Waals surface area contributed by atoms with Crippen LogP contribution < -0.4 is 5.32 Å². The zero-order chi connectivity index (χ0) is 11.7. The van der Waals surface area contributed by atoms with Crippen molar-refractivity contribution in [2.45, 2.75) is 59.4 Å². The predicted octanol–water partition coefficient (Wildman–Crippen LogP) is 2.89. The minimum Gasteiger partial charge on any atom is -0.312 e. The van der Waals surface area contributed by atoms with Crippen LogP contribution in [0.2, 0.25) is 0 Å². The molecule has 2 heteroatoms. The van der Waals surface area contributed by atoms with E-state index in [-0.39, 0.29) is 5.54 Å². The van der Waals surface area contributed by atoms with Gasteiger partial charge in [0.05, 0.1) is 0 Å². The molecule has 15 heavy (non-hydrogen) atoms. The molecule has 0 aliphatic carbocycles. The van der Waals surface area contributed by atoms with E-state index < -0.39 is 0 Å². The van der Waals surface area contributed by atoms with Gasteiger partial charge in [-0.2, -0.15) is 0 Å². The normalized spacial score (nSPS) is 12.4. The van der Waals surface area contributed by atoms with E-state index in [4.69, 9.17) is 0 Å². The van der Waals surface area contributed by atoms with Gasteiger partial charge in [-0.25, -0.2) is 0 Å². The number of rotatable bonds is 8. The first-order valence-corrected chi connectivity index (χ1v) is 6.47. The lowest BCUT2D eigenvalue weighted by atomic mass is 10.1. The van der Waals surface area contributed by atoms with Crippen LogP contribution in [0.3, 0.4) is 0 Å². The maximum Gasteiger partial charge on any atom is 0.00965 e. The molecule has 0 aliphatic rings. The van der Waals surface area contributed by atoms with Gasteiger partial charge in [0.25, 0.3) is 0 Å². The fraction of sp³-hybridized carbons (Fsp3) is 1.00. The maximum atomic E-state index is 3.53. The molecule has 0 aromatic carbocycles. The predicted molar refractivity (Wildman–Crippen MR) is 69.4 cm³/mol. The lowest BCUT2D eigenvalue weighted by Gasteiger charge is -2.24. The average Bonchev–Trinajstić information content (AvgIpc) is 2.11. The summed E-state index contributed by atoms with van der Waals surface area (Å²) in [6.07, 6.45) is 3.80. The molecule has 1 N–H and O–H groups in total. The molecule has 2 nitrogen and oxygen atoms in total. The molecule has 0 bridgehead atoms. The third kappa shape index (κ3) is 10.2. The first kappa shape index (κ1) is 14.9. The molecule has 0 amide bonds. The van der Waals surface area contributed by atoms with Crippen molar-refractivity contribution in [3.8, 4) is 0 Å². The van der Waals surface area contributed by atoms with Crippen molar-refractivity contribution in [2.75, 3.05) is 26.2 Å². The summed E-state index contributed by atoms with van der Waals surface area (Å²) in [6.45, 7) is 16.1. The zero-order valence-electron chi connectivity index (χ0n) is 11.4. The monoisotopic (exact) mass is 214 g/mol. The fourth-order valence-electron chi connectivity index (χ4n) is 1.73. The van der Waals surface area contributed by atoms with Gasteiger partial charge in [0.1, 0.15) is 0 Å². The number of hydrogen-bond acceptors (Lipinski definition) is 2. The summed E-state index contributed by atoms with van der Waals surface area (Å²) in [6, 6.07) is 0. The molecule has 0 fully saturated rings. The van der Waals surface area contributed by atoms with Crippen LogP contribution in [-0.4, -0.2) is 36.6 Å². The van der Waals surface area contributed by atoms with Crippen molar-refractivity contribution in [3.63, 3.8) is 0 Å². The van der Waals surface area contributed by atoms with Gasteiger partial charge in [0, 0.05) is 5.54 Å². The Bertz CT molecular complexity index is 132. The standard InChI is InChI=1S/C13H30N2/c1-6-10-15(11-7-2)12-8-9-14-13(3,4)5/h14H,6-12H2,1-5H3. The molecule has 0 aliphatic heterocycles. The smallest absolute Gasteiger partial charge is 0.00965 e. The molecule has 0 saturated carbocycles. The van der Waals surface area contributed by atoms with Crippen molar-refractivity contribution in [1.82, 2.24) is 10.2 Å². The van der Waals surface area contributed by atoms with Gasteiger partial charge in [-0.3, -0.25) is 0 Å². The van der Waals surface area contributed by atoms with E-state index in [0.29, 0.717) is 0 Å². The lowest BCUT2D eigenvalue weighted by molar-refractivity contribution is 0.265. The van der Waals surface area contributed by atoms with Crippen LogP contribution in [0.1, 0.15) is 53.9 Å². The summed E-state index contributed by atoms with van der Waals surface area (Å²) < 4.78 is 0. The molecule has 0 heterocycles. The third-order valence-corrected chi connectivity index (χ3v) is 2.39. The molecule has 0 saturated heterocycles. The van der Waals surface area contributed by atoms with E-state index in [1.54, 1.807) is 0 Å². The summed E-state index contributed by atoms with van der Waals surface area (Å²) in [5, 5.41) is 3.53. The SMILES string of the molecule is CCCN(CCC)CCCNC(C)(C)C. The lowest BCUT2D eigenvalue weighted by Crippen LogP contribution is -2.38. The minimum atomic E-state index is 0.264. The zero-order valence-corrected chi connectivity index (χ0v) is 11.4. The van der Waals surface area contributed by atoms with Crippen LogP contribution in [0.15, 0.2) is 0 Å². The van der Waals surface area contributed by atoms with E-state index in [2.05, 4.69) is 44.8 Å². The van der Waals surface area contributed by atoms with Gasteiger partial charge in [-0.1, -0.05) is 13.8 Å². The quantitative estimate of drug-likeness (QED) is 0.625. The van der Waals surface area contributed by atoms with Gasteiger partial charge >= 0.3 is 0 Å². The Morgan fingerprint density at radius 3 is 1.87 bits per heavy atom. The Morgan fingerprint density at radius 1 is 0.933 bits per heavy atom. The molecular weight excluding hydrogens is 184 g/mol. The summed E-state index contributed by atoms with van der Waals surface area (Å²) in [5.74, 6) is 0. The van der Waals surface area contributed by atoms with E-state index in [1.807, 2.05) is 0 Å². The first-order chi connectivity index (χ1) is 6.99. The van der Waals surface area contributed by atoms with Crippen LogP contribution in [0.4, 0.5) is 0 Å². The second-order valence-electron chi connectivity index (χ2n) is 5.37. The highest BCUT2D eigenvalue weighted by Crippen LogP contribution is 2.00. The second kappa shape index (κ2) is 8.12. The molecule has 92 valence electrons. The van der Waals surface area contributed by atoms with Gasteiger partial charge < -0.3 is 10.2 Å². The van der Waals surface area contributed by atoms with Gasteiger partial charge in [-0.15, -0.1) is 0 Å². The van der Waals surface area contributed by atoms with Crippen molar-refractivity contribution in [2.24, 2.45) is 0 Å². The van der Waals surface area contributed by atoms with E-state index in [9.17, 15) is 0 Å². The van der Waals surface area contributed by atoms with Crippen LogP contribution in [0.25, 0.3) is 0 Å². The van der Waals surface area contributed by atoms with E-state index >= 15 is 0 Å². The number of nitrogens with one attached hydrogen (secondary N) is 1. The Morgan fingerprint density at radius 2 is 1.47 bits per heavy atom. The molecule has 0 rings (SSSR count). The molecule has 0 aromatic rings. The molecule has 0 atom stereocenters. The Kier molecular flexibility index (Phi) is 8.07. The fourth-order valence-corrected chi connectivity index (χ4v) is 1.73. The Labute approximate surface area is 96.4 Å². The number of nitrogens with zero attached hydrogens (tertiary/aromatic N) is 1. The molecular formula is C13H30N2. The highest BCUT2D eigenvalue weighted by Gasteiger charge is 2.08. The molecule has 0 radical (unpaired) electrons. The Hall–Kier alpha value is -0.0800. The van der Waals surface area contributed by atoms with Gasteiger partial charge in [0.15, 0.2) is 0 Å². The summed E-state index contributed by atoms with van der Waals surface area (Å²) in [7, 11) is 0. The third-order valence-electron chi connectivity index (χ3n) is 2.39. The largest absolute Gasteiger partial charge is 0.312 e. The summed E-state index contributed by atoms with van der Waals surface area (Å²) in [5.41, 5.74) is 0.264. The van der Waals surface area contributed by atoms with Crippen molar-refractivity contribution in [1.29, 1.82) is 0 Å². The van der Waals surface area contributed by atoms with Crippen molar-refractivity contribution in [3.05, 3.63) is 0 Å². The second-order valence-corrected chi connectivity index (χ2v) is 5.37. The minimum absolute atomic E-state index is 0.264. The Balaban J connectivity index is 3.52.